The van der Waals surface area contributed by atoms with Crippen LogP contribution in [0.1, 0.15) is 12.0 Å². The van der Waals surface area contributed by atoms with Crippen molar-refractivity contribution in [1.82, 2.24) is 5.73 Å². The Labute approximate surface area is 101 Å². The molecule has 0 fully saturated rings. The summed E-state index contributed by atoms with van der Waals surface area (Å²) < 4.78 is 64.7. The predicted octanol–water partition coefficient (Wildman–Crippen LogP) is 3.44. The van der Waals surface area contributed by atoms with Gasteiger partial charge in [-0.15, -0.1) is 0 Å². The number of aryl methyl sites for hydroxylation is 1. The van der Waals surface area contributed by atoms with E-state index in [9.17, 15) is 22.0 Å². The van der Waals surface area contributed by atoms with Gasteiger partial charge in [0.1, 0.15) is 5.75 Å². The lowest BCUT2D eigenvalue weighted by atomic mass is 10.1. The maximum atomic E-state index is 12.6. The van der Waals surface area contributed by atoms with Gasteiger partial charge < -0.3 is 4.74 Å². The first kappa shape index (κ1) is 14.7. The molecule has 1 radical (unpaired) electrons. The maximum Gasteiger partial charge on any atom is 0.499 e. The third-order valence-electron chi connectivity index (χ3n) is 2.12. The van der Waals surface area contributed by atoms with Gasteiger partial charge in [0.25, 0.3) is 0 Å². The summed E-state index contributed by atoms with van der Waals surface area (Å²) in [6.45, 7) is 0.157. The topological polar surface area (TPSA) is 33.0 Å². The van der Waals surface area contributed by atoms with Gasteiger partial charge in [-0.3, -0.25) is 5.73 Å². The Morgan fingerprint density at radius 2 is 1.78 bits per heavy atom. The molecule has 0 amide bonds. The van der Waals surface area contributed by atoms with Crippen molar-refractivity contribution in [2.45, 2.75) is 25.1 Å². The number of hydrogen-bond donors (Lipinski definition) is 0. The van der Waals surface area contributed by atoms with Crippen LogP contribution in [-0.2, 0) is 6.42 Å². The number of rotatable bonds is 5. The summed E-state index contributed by atoms with van der Waals surface area (Å²) in [6, 6.07) is 5.06. The normalized spacial score (nSPS) is 12.6. The third-order valence-corrected chi connectivity index (χ3v) is 2.12. The molecule has 0 aliphatic carbocycles. The van der Waals surface area contributed by atoms with Gasteiger partial charge in [0, 0.05) is 6.54 Å². The fourth-order valence-electron chi connectivity index (χ4n) is 1.26. The van der Waals surface area contributed by atoms with Crippen LogP contribution in [0.4, 0.5) is 22.0 Å². The molecule has 1 aromatic carbocycles. The lowest BCUT2D eigenvalue weighted by molar-refractivity contribution is -0.360. The molecule has 2 nitrogen and oxygen atoms in total. The Bertz CT molecular complexity index is 391. The highest BCUT2D eigenvalue weighted by atomic mass is 19.4. The van der Waals surface area contributed by atoms with E-state index in [4.69, 9.17) is 5.73 Å². The molecule has 0 bridgehead atoms. The molecule has 0 aliphatic rings. The minimum atomic E-state index is -5.75. The standard InChI is InChI=1S/C11H11F5NO/c12-10(13,14)11(15,16)18-9-5-1-3-8(7-9)4-2-6-17/h1,3,5,7,17H,2,4,6H2. The molecule has 1 N–H and O–H groups in total. The molecule has 1 aromatic rings. The molecule has 0 atom stereocenters. The van der Waals surface area contributed by atoms with Crippen molar-refractivity contribution in [3.63, 3.8) is 0 Å². The highest BCUT2D eigenvalue weighted by molar-refractivity contribution is 5.29. The summed E-state index contributed by atoms with van der Waals surface area (Å²) in [7, 11) is 0. The maximum absolute atomic E-state index is 12.6. The van der Waals surface area contributed by atoms with Crippen LogP contribution in [0.5, 0.6) is 5.75 Å². The van der Waals surface area contributed by atoms with Crippen molar-refractivity contribution in [1.29, 1.82) is 0 Å². The lowest BCUT2D eigenvalue weighted by Crippen LogP contribution is -2.41. The second kappa shape index (κ2) is 5.51. The molecule has 101 valence electrons. The average molecular weight is 268 g/mol. The minimum Gasteiger partial charge on any atom is -0.426 e. The van der Waals surface area contributed by atoms with Crippen molar-refractivity contribution in [3.8, 4) is 5.75 Å². The van der Waals surface area contributed by atoms with E-state index in [2.05, 4.69) is 4.74 Å². The summed E-state index contributed by atoms with van der Waals surface area (Å²) in [5.74, 6) is -0.542. The van der Waals surface area contributed by atoms with Gasteiger partial charge >= 0.3 is 12.3 Å². The number of benzene rings is 1. The predicted molar refractivity (Wildman–Crippen MR) is 54.4 cm³/mol. The van der Waals surface area contributed by atoms with Crippen LogP contribution >= 0.6 is 0 Å². The van der Waals surface area contributed by atoms with Crippen LogP contribution in [0.15, 0.2) is 24.3 Å². The van der Waals surface area contributed by atoms with E-state index in [1.807, 2.05) is 0 Å². The van der Waals surface area contributed by atoms with E-state index < -0.39 is 18.0 Å². The molecular formula is C11H11F5NO. The highest BCUT2D eigenvalue weighted by Crippen LogP contribution is 2.37. The molecule has 0 aliphatic heterocycles. The van der Waals surface area contributed by atoms with Gasteiger partial charge in [-0.1, -0.05) is 12.1 Å². The molecule has 1 rings (SSSR count). The van der Waals surface area contributed by atoms with E-state index >= 15 is 0 Å². The smallest absolute Gasteiger partial charge is 0.426 e. The summed E-state index contributed by atoms with van der Waals surface area (Å²) in [6.07, 6.45) is -10.0. The first-order chi connectivity index (χ1) is 8.26. The number of hydrogen-bond acceptors (Lipinski definition) is 1. The van der Waals surface area contributed by atoms with Gasteiger partial charge in [0.2, 0.25) is 0 Å². The van der Waals surface area contributed by atoms with Crippen LogP contribution < -0.4 is 10.5 Å². The van der Waals surface area contributed by atoms with Crippen LogP contribution in [0, 0.1) is 0 Å². The van der Waals surface area contributed by atoms with E-state index in [1.165, 1.54) is 6.07 Å². The summed E-state index contributed by atoms with van der Waals surface area (Å²) in [5, 5.41) is 0. The Kier molecular flexibility index (Phi) is 4.50. The van der Waals surface area contributed by atoms with E-state index in [0.29, 0.717) is 18.4 Å². The molecule has 0 unspecified atom stereocenters. The van der Waals surface area contributed by atoms with E-state index in [1.54, 1.807) is 6.07 Å². The van der Waals surface area contributed by atoms with Crippen molar-refractivity contribution >= 4 is 0 Å². The molecule has 0 aromatic heterocycles. The Balaban J connectivity index is 2.79. The lowest BCUT2D eigenvalue weighted by Gasteiger charge is -2.20. The first-order valence-electron chi connectivity index (χ1n) is 5.13. The molecule has 0 saturated carbocycles. The summed E-state index contributed by atoms with van der Waals surface area (Å²) in [4.78, 5) is 0. The fourth-order valence-corrected chi connectivity index (χ4v) is 1.26. The van der Waals surface area contributed by atoms with Crippen LogP contribution in [0.25, 0.3) is 0 Å². The van der Waals surface area contributed by atoms with Crippen LogP contribution in [-0.4, -0.2) is 18.8 Å². The molecule has 7 heteroatoms. The van der Waals surface area contributed by atoms with Crippen molar-refractivity contribution in [2.24, 2.45) is 0 Å². The minimum absolute atomic E-state index is 0.157. The monoisotopic (exact) mass is 268 g/mol. The molecule has 0 heterocycles. The SMILES string of the molecule is [NH]CCCc1cccc(OC(F)(F)C(F)(F)F)c1. The largest absolute Gasteiger partial charge is 0.499 e. The third kappa shape index (κ3) is 3.83. The van der Waals surface area contributed by atoms with Crippen LogP contribution in [0.3, 0.4) is 0 Å². The van der Waals surface area contributed by atoms with Gasteiger partial charge in [-0.2, -0.15) is 22.0 Å². The summed E-state index contributed by atoms with van der Waals surface area (Å²) >= 11 is 0. The number of ether oxygens (including phenoxy) is 1. The van der Waals surface area contributed by atoms with E-state index in [-0.39, 0.29) is 6.54 Å². The molecule has 0 saturated heterocycles. The zero-order valence-electron chi connectivity index (χ0n) is 9.23. The number of nitrogens with one attached hydrogen (secondary N) is 1. The van der Waals surface area contributed by atoms with Gasteiger partial charge in [-0.25, -0.2) is 0 Å². The Hall–Kier alpha value is -1.37. The van der Waals surface area contributed by atoms with Gasteiger partial charge in [-0.05, 0) is 30.5 Å². The second-order valence-corrected chi connectivity index (χ2v) is 3.62. The average Bonchev–Trinajstić information content (AvgIpc) is 2.24. The molecule has 18 heavy (non-hydrogen) atoms. The number of halogens is 5. The first-order valence-corrected chi connectivity index (χ1v) is 5.13. The van der Waals surface area contributed by atoms with Crippen molar-refractivity contribution < 1.29 is 26.7 Å². The molecular weight excluding hydrogens is 257 g/mol. The van der Waals surface area contributed by atoms with Crippen molar-refractivity contribution in [3.05, 3.63) is 29.8 Å². The summed E-state index contributed by atoms with van der Waals surface area (Å²) in [5.41, 5.74) is 7.49. The zero-order chi connectivity index (χ0) is 13.8. The van der Waals surface area contributed by atoms with Crippen molar-refractivity contribution in [2.75, 3.05) is 6.54 Å². The quantitative estimate of drug-likeness (QED) is 0.753. The zero-order valence-corrected chi connectivity index (χ0v) is 9.23. The highest BCUT2D eigenvalue weighted by Gasteiger charge is 2.61. The van der Waals surface area contributed by atoms with Crippen LogP contribution in [0.2, 0.25) is 0 Å². The van der Waals surface area contributed by atoms with Gasteiger partial charge in [0.05, 0.1) is 0 Å². The number of alkyl halides is 5. The molecule has 0 spiro atoms. The van der Waals surface area contributed by atoms with Gasteiger partial charge in [0.15, 0.2) is 0 Å². The van der Waals surface area contributed by atoms with E-state index in [0.717, 1.165) is 12.1 Å². The second-order valence-electron chi connectivity index (χ2n) is 3.62. The Morgan fingerprint density at radius 3 is 2.33 bits per heavy atom. The Morgan fingerprint density at radius 1 is 1.11 bits per heavy atom. The fraction of sp³-hybridized carbons (Fsp3) is 0.455.